The first-order valence-electron chi connectivity index (χ1n) is 17.2. The molecule has 2 aliphatic heterocycles. The molecule has 2 N–H and O–H groups in total. The van der Waals surface area contributed by atoms with E-state index in [1.165, 1.54) is 22.0 Å². The molecule has 1 saturated carbocycles. The minimum atomic E-state index is -3.91. The summed E-state index contributed by atoms with van der Waals surface area (Å²) in [6.45, 7) is 6.49. The highest BCUT2D eigenvalue weighted by Gasteiger charge is 2.44. The van der Waals surface area contributed by atoms with Gasteiger partial charge in [-0.15, -0.1) is 4.36 Å². The van der Waals surface area contributed by atoms with Gasteiger partial charge in [0.25, 0.3) is 11.8 Å². The van der Waals surface area contributed by atoms with Crippen molar-refractivity contribution in [1.82, 2.24) is 14.5 Å². The highest BCUT2D eigenvalue weighted by Crippen LogP contribution is 2.47. The molecule has 0 unspecified atom stereocenters. The second kappa shape index (κ2) is 13.1. The summed E-state index contributed by atoms with van der Waals surface area (Å²) in [4.78, 5) is 29.9. The van der Waals surface area contributed by atoms with Gasteiger partial charge in [0.2, 0.25) is 0 Å². The lowest BCUT2D eigenvalue weighted by Crippen LogP contribution is -2.49. The number of hydrogen-bond donors (Lipinski definition) is 2. The summed E-state index contributed by atoms with van der Waals surface area (Å²) in [6.07, 6.45) is 8.98. The van der Waals surface area contributed by atoms with Crippen molar-refractivity contribution in [2.45, 2.75) is 74.9 Å². The van der Waals surface area contributed by atoms with E-state index in [-0.39, 0.29) is 34.3 Å². The number of benzene rings is 2. The second-order valence-corrected chi connectivity index (χ2v) is 17.0. The van der Waals surface area contributed by atoms with Gasteiger partial charge in [-0.05, 0) is 106 Å². The number of hydrogen-bond acceptors (Lipinski definition) is 8. The Morgan fingerprint density at radius 2 is 2.00 bits per heavy atom. The Hall–Kier alpha value is -3.71. The maximum Gasteiger partial charge on any atom is 0.287 e. The molecule has 3 aromatic rings. The van der Waals surface area contributed by atoms with Crippen LogP contribution in [0.1, 0.15) is 66.7 Å². The van der Waals surface area contributed by atoms with Crippen molar-refractivity contribution < 1.29 is 28.4 Å². The van der Waals surface area contributed by atoms with Gasteiger partial charge >= 0.3 is 0 Å². The first-order chi connectivity index (χ1) is 23.8. The van der Waals surface area contributed by atoms with Gasteiger partial charge in [0, 0.05) is 36.8 Å². The Kier molecular flexibility index (Phi) is 9.11. The van der Waals surface area contributed by atoms with Crippen LogP contribution in [0.15, 0.2) is 64.0 Å². The number of anilines is 1. The number of carbonyl (C=O) groups is 2. The van der Waals surface area contributed by atoms with Crippen molar-refractivity contribution in [1.29, 1.82) is 0 Å². The number of aryl methyl sites for hydroxylation is 3. The van der Waals surface area contributed by atoms with Gasteiger partial charge in [0.15, 0.2) is 9.92 Å². The minimum Gasteiger partial charge on any atom is -0.490 e. The summed E-state index contributed by atoms with van der Waals surface area (Å²) in [6, 6.07) is 11.2. The molecule has 0 radical (unpaired) electrons. The molecule has 1 spiro atoms. The van der Waals surface area contributed by atoms with Crippen LogP contribution in [0, 0.1) is 18.8 Å². The van der Waals surface area contributed by atoms with E-state index in [1.807, 2.05) is 6.07 Å². The van der Waals surface area contributed by atoms with Gasteiger partial charge in [-0.3, -0.25) is 19.0 Å². The summed E-state index contributed by atoms with van der Waals surface area (Å²) < 4.78 is 35.9. The van der Waals surface area contributed by atoms with Crippen LogP contribution >= 0.6 is 11.6 Å². The lowest BCUT2D eigenvalue weighted by molar-refractivity contribution is -0.137. The maximum absolute atomic E-state index is 15.1. The van der Waals surface area contributed by atoms with Crippen molar-refractivity contribution in [3.05, 3.63) is 82.2 Å². The number of amides is 2. The number of fused-ring (bicyclic) bond motifs is 4. The Morgan fingerprint density at radius 1 is 1.18 bits per heavy atom. The van der Waals surface area contributed by atoms with Gasteiger partial charge in [0.05, 0.1) is 41.2 Å². The van der Waals surface area contributed by atoms with Gasteiger partial charge < -0.3 is 19.5 Å². The van der Waals surface area contributed by atoms with Crippen LogP contribution in [0.5, 0.6) is 5.75 Å². The zero-order valence-corrected chi connectivity index (χ0v) is 30.4. The predicted molar refractivity (Wildman–Crippen MR) is 191 cm³/mol. The van der Waals surface area contributed by atoms with E-state index in [1.54, 1.807) is 58.2 Å². The number of aliphatic hydroxyl groups excluding tert-OH is 1. The number of rotatable bonds is 2. The van der Waals surface area contributed by atoms with Gasteiger partial charge in [-0.2, -0.15) is 5.10 Å². The number of carbonyl (C=O) groups excluding carboxylic acids is 2. The fraction of sp³-hybridized carbons (Fsp3) is 0.486. The van der Waals surface area contributed by atoms with Crippen molar-refractivity contribution in [2.75, 3.05) is 31.2 Å². The molecule has 2 amide bonds. The van der Waals surface area contributed by atoms with Crippen LogP contribution in [0.3, 0.4) is 0 Å². The van der Waals surface area contributed by atoms with Crippen LogP contribution in [-0.4, -0.2) is 68.9 Å². The van der Waals surface area contributed by atoms with Gasteiger partial charge in [-0.25, -0.2) is 4.21 Å². The highest BCUT2D eigenvalue weighted by atomic mass is 35.5. The monoisotopic (exact) mass is 721 g/mol. The predicted octanol–water partition coefficient (Wildman–Crippen LogP) is 5.31. The van der Waals surface area contributed by atoms with Crippen molar-refractivity contribution in [2.24, 2.45) is 23.2 Å². The number of ether oxygens (including phenoxy) is 2. The molecule has 13 heteroatoms. The van der Waals surface area contributed by atoms with E-state index in [2.05, 4.69) is 31.2 Å². The first kappa shape index (κ1) is 34.7. The lowest BCUT2D eigenvalue weighted by atomic mass is 9.68. The Balaban J connectivity index is 1.37. The third kappa shape index (κ3) is 6.47. The number of halogens is 1. The quantitative estimate of drug-likeness (QED) is 0.341. The third-order valence-corrected chi connectivity index (χ3v) is 12.8. The SMILES string of the molecule is Cc1nn(C)cc1C(=O)N[S@@]1(=O)=NC(=O)C(C)(C)OCC=C[C@H](O)[C@@H]2CC[C@H]2CN2C[C@@]3(CCCc4cc(Cl)ccc43)COc3ccc1cc32. The van der Waals surface area contributed by atoms with E-state index in [9.17, 15) is 14.7 Å². The van der Waals surface area contributed by atoms with Crippen LogP contribution < -0.4 is 14.4 Å². The molecule has 50 heavy (non-hydrogen) atoms. The number of nitrogens with one attached hydrogen (secondary N) is 1. The molecule has 7 rings (SSSR count). The van der Waals surface area contributed by atoms with Crippen molar-refractivity contribution in [3.63, 3.8) is 0 Å². The standard InChI is InChI=1S/C37H44ClN5O6S/c1-23-29(20-42(4)39-23)34(45)40-50(47)27-11-14-33-31(18-27)43(21-37(22-48-33)15-5-7-24-17-26(38)10-13-30(24)37)19-25-9-12-28(25)32(44)8-6-16-49-36(2,3)35(46)41-50/h6,8,10-11,13-14,17-18,20,25,28,32,44H,5,7,9,12,15-16,19,21-22H2,1-4H3,(H,40,41,45,46,47)/t25-,28+,32-,37-,50+/m0/s1. The molecule has 4 aliphatic rings. The highest BCUT2D eigenvalue weighted by molar-refractivity contribution is 7.92. The molecule has 5 atom stereocenters. The van der Waals surface area contributed by atoms with E-state index in [0.29, 0.717) is 41.8 Å². The molecule has 11 nitrogen and oxygen atoms in total. The molecule has 2 aromatic carbocycles. The fourth-order valence-corrected chi connectivity index (χ4v) is 9.64. The number of aliphatic hydroxyl groups is 1. The zero-order valence-electron chi connectivity index (χ0n) is 28.9. The summed E-state index contributed by atoms with van der Waals surface area (Å²) in [5.41, 5.74) is 1.97. The summed E-state index contributed by atoms with van der Waals surface area (Å²) in [5, 5.41) is 16.2. The normalized spacial score (nSPS) is 29.1. The van der Waals surface area contributed by atoms with Crippen LogP contribution in [0.25, 0.3) is 0 Å². The summed E-state index contributed by atoms with van der Waals surface area (Å²) in [5.74, 6) is -0.637. The zero-order chi connectivity index (χ0) is 35.4. The Morgan fingerprint density at radius 3 is 2.74 bits per heavy atom. The van der Waals surface area contributed by atoms with E-state index < -0.39 is 33.4 Å². The molecule has 1 fully saturated rings. The smallest absolute Gasteiger partial charge is 0.287 e. The number of aromatic nitrogens is 2. The third-order valence-electron chi connectivity index (χ3n) is 10.8. The van der Waals surface area contributed by atoms with Crippen molar-refractivity contribution in [3.8, 4) is 5.75 Å². The molecule has 266 valence electrons. The first-order valence-corrected chi connectivity index (χ1v) is 19.1. The second-order valence-electron chi connectivity index (χ2n) is 14.6. The molecule has 2 aliphatic carbocycles. The van der Waals surface area contributed by atoms with E-state index in [0.717, 1.165) is 32.1 Å². The van der Waals surface area contributed by atoms with Gasteiger partial charge in [0.1, 0.15) is 11.4 Å². The molecule has 3 heterocycles. The average molecular weight is 722 g/mol. The molecular formula is C37H44ClN5O6S. The largest absolute Gasteiger partial charge is 0.490 e. The van der Waals surface area contributed by atoms with E-state index in [4.69, 9.17) is 21.1 Å². The fourth-order valence-electron chi connectivity index (χ4n) is 7.84. The summed E-state index contributed by atoms with van der Waals surface area (Å²) in [7, 11) is -2.22. The lowest BCUT2D eigenvalue weighted by Gasteiger charge is -2.45. The molecular weight excluding hydrogens is 678 g/mol. The van der Waals surface area contributed by atoms with Crippen LogP contribution in [0.4, 0.5) is 5.69 Å². The molecule has 1 aromatic heterocycles. The molecule has 0 saturated heterocycles. The Bertz CT molecular complexity index is 2000. The van der Waals surface area contributed by atoms with E-state index >= 15 is 4.21 Å². The van der Waals surface area contributed by atoms with Crippen LogP contribution in [0.2, 0.25) is 5.02 Å². The van der Waals surface area contributed by atoms with Crippen LogP contribution in [-0.2, 0) is 38.3 Å². The van der Waals surface area contributed by atoms with Gasteiger partial charge in [-0.1, -0.05) is 29.8 Å². The van der Waals surface area contributed by atoms with Crippen molar-refractivity contribution >= 4 is 39.0 Å². The molecule has 2 bridgehead atoms. The topological polar surface area (TPSA) is 135 Å². The minimum absolute atomic E-state index is 0.0410. The average Bonchev–Trinajstić information content (AvgIpc) is 3.32. The Labute approximate surface area is 298 Å². The number of nitrogens with zero attached hydrogens (tertiary/aromatic N) is 4. The maximum atomic E-state index is 15.1. The summed E-state index contributed by atoms with van der Waals surface area (Å²) >= 11 is 6.44.